The number of benzene rings is 4. The van der Waals surface area contributed by atoms with Crippen molar-refractivity contribution in [3.63, 3.8) is 0 Å². The number of fused-ring (bicyclic) bond motifs is 3. The first-order chi connectivity index (χ1) is 21.3. The summed E-state index contributed by atoms with van der Waals surface area (Å²) in [5.74, 6) is 1.23. The molecule has 10 heteroatoms. The molecule has 0 saturated carbocycles. The number of amides is 1. The molecule has 7 nitrogen and oxygen atoms in total. The second-order valence-electron chi connectivity index (χ2n) is 10.4. The summed E-state index contributed by atoms with van der Waals surface area (Å²) in [6.07, 6.45) is 0.0263. The quantitative estimate of drug-likeness (QED) is 0.179. The molecule has 44 heavy (non-hydrogen) atoms. The highest BCUT2D eigenvalue weighted by Gasteiger charge is 2.26. The maximum atomic E-state index is 12.8. The number of hydrogen-bond acceptors (Lipinski definition) is 7. The van der Waals surface area contributed by atoms with Crippen molar-refractivity contribution in [3.05, 3.63) is 130 Å². The van der Waals surface area contributed by atoms with E-state index in [-0.39, 0.29) is 23.2 Å². The van der Waals surface area contributed by atoms with Crippen LogP contribution < -0.4 is 14.2 Å². The van der Waals surface area contributed by atoms with Gasteiger partial charge in [-0.05, 0) is 66.1 Å². The topological polar surface area (TPSA) is 94.6 Å². The second-order valence-corrected chi connectivity index (χ2v) is 13.7. The van der Waals surface area contributed by atoms with Crippen LogP contribution in [0.15, 0.2) is 102 Å². The molecule has 6 rings (SSSR count). The number of pyridine rings is 1. The summed E-state index contributed by atoms with van der Waals surface area (Å²) in [7, 11) is -3.95. The highest BCUT2D eigenvalue weighted by atomic mass is 35.5. The largest absolute Gasteiger partial charge is 0.489 e. The third-order valence-electron chi connectivity index (χ3n) is 7.33. The maximum absolute atomic E-state index is 12.8. The van der Waals surface area contributed by atoms with Crippen molar-refractivity contribution in [1.29, 1.82) is 0 Å². The molecule has 0 bridgehead atoms. The van der Waals surface area contributed by atoms with Crippen molar-refractivity contribution < 1.29 is 22.7 Å². The molecule has 1 atom stereocenters. The van der Waals surface area contributed by atoms with Crippen molar-refractivity contribution in [2.24, 2.45) is 0 Å². The summed E-state index contributed by atoms with van der Waals surface area (Å²) in [6, 6.07) is 29.9. The van der Waals surface area contributed by atoms with Gasteiger partial charge in [0.15, 0.2) is 0 Å². The van der Waals surface area contributed by atoms with Crippen LogP contribution in [0.2, 0.25) is 5.02 Å². The fraction of sp³-hybridized carbons (Fsp3) is 0.176. The van der Waals surface area contributed by atoms with E-state index < -0.39 is 15.9 Å². The molecule has 0 fully saturated rings. The van der Waals surface area contributed by atoms with E-state index in [1.807, 2.05) is 66.7 Å². The number of nitrogens with zero attached hydrogens (tertiary/aromatic N) is 1. The van der Waals surface area contributed by atoms with Crippen molar-refractivity contribution in [2.75, 3.05) is 5.75 Å². The average Bonchev–Trinajstić information content (AvgIpc) is 3.16. The Morgan fingerprint density at radius 3 is 2.66 bits per heavy atom. The van der Waals surface area contributed by atoms with Crippen LogP contribution in [0.1, 0.15) is 39.6 Å². The lowest BCUT2D eigenvalue weighted by molar-refractivity contribution is -0.118. The smallest absolute Gasteiger partial charge is 0.264 e. The molecule has 1 unspecified atom stereocenters. The fourth-order valence-corrected chi connectivity index (χ4v) is 7.87. The van der Waals surface area contributed by atoms with Gasteiger partial charge in [0.25, 0.3) is 10.0 Å². The van der Waals surface area contributed by atoms with Gasteiger partial charge in [0.2, 0.25) is 5.91 Å². The highest BCUT2D eigenvalue weighted by molar-refractivity contribution is 7.99. The first-order valence-corrected chi connectivity index (χ1v) is 16.9. The molecular weight excluding hydrogens is 616 g/mol. The van der Waals surface area contributed by atoms with E-state index >= 15 is 0 Å². The van der Waals surface area contributed by atoms with E-state index in [4.69, 9.17) is 21.1 Å². The molecule has 1 aliphatic heterocycles. The predicted octanol–water partition coefficient (Wildman–Crippen LogP) is 7.39. The molecule has 1 aliphatic rings. The third-order valence-corrected chi connectivity index (χ3v) is 10.4. The number of sulfonamides is 1. The summed E-state index contributed by atoms with van der Waals surface area (Å²) >= 11 is 7.71. The zero-order valence-electron chi connectivity index (χ0n) is 23.8. The zero-order chi connectivity index (χ0) is 30.7. The number of ether oxygens (including phenoxy) is 2. The zero-order valence-corrected chi connectivity index (χ0v) is 26.2. The lowest BCUT2D eigenvalue weighted by atomic mass is 10.00. The lowest BCUT2D eigenvalue weighted by Gasteiger charge is -2.20. The van der Waals surface area contributed by atoms with Crippen LogP contribution >= 0.6 is 23.4 Å². The molecule has 224 valence electrons. The molecular formula is C34H29ClN2O5S2. The van der Waals surface area contributed by atoms with E-state index in [1.54, 1.807) is 36.9 Å². The number of aryl methyl sites for hydroxylation is 1. The van der Waals surface area contributed by atoms with Crippen LogP contribution in [0, 0.1) is 6.92 Å². The van der Waals surface area contributed by atoms with Gasteiger partial charge >= 0.3 is 0 Å². The van der Waals surface area contributed by atoms with Crippen LogP contribution in [0.3, 0.4) is 0 Å². The maximum Gasteiger partial charge on any atom is 0.264 e. The van der Waals surface area contributed by atoms with Crippen molar-refractivity contribution in [2.45, 2.75) is 36.7 Å². The lowest BCUT2D eigenvalue weighted by Crippen LogP contribution is -2.31. The minimum absolute atomic E-state index is 0.0263. The summed E-state index contributed by atoms with van der Waals surface area (Å²) < 4.78 is 40.2. The van der Waals surface area contributed by atoms with Gasteiger partial charge in [-0.2, -0.15) is 0 Å². The summed E-state index contributed by atoms with van der Waals surface area (Å²) in [5.41, 5.74) is 5.20. The standard InChI is InChI=1S/C34H29ClN2O5S2/c1-22-6-2-5-9-32(22)44(39,40)37-33(38)16-17-43-34-28-8-4-3-7-24(28)20-42-31-15-14-27(19-29(31)34)41-21-26-13-11-23-10-12-25(35)18-30(23)36-26/h2-15,18-19,34H,16-17,20-21H2,1H3,(H,37,38). The molecule has 5 aromatic rings. The highest BCUT2D eigenvalue weighted by Crippen LogP contribution is 2.45. The van der Waals surface area contributed by atoms with Crippen molar-refractivity contribution >= 4 is 50.2 Å². The molecule has 1 N–H and O–H groups in total. The molecule has 1 aromatic heterocycles. The molecule has 0 radical (unpaired) electrons. The second kappa shape index (κ2) is 12.9. The van der Waals surface area contributed by atoms with E-state index in [0.29, 0.717) is 28.7 Å². The summed E-state index contributed by atoms with van der Waals surface area (Å²) in [4.78, 5) is 17.5. The number of aromatic nitrogens is 1. The van der Waals surface area contributed by atoms with Gasteiger partial charge in [-0.3, -0.25) is 4.79 Å². The van der Waals surface area contributed by atoms with Crippen LogP contribution in [-0.4, -0.2) is 25.1 Å². The Kier molecular flexibility index (Phi) is 8.79. The fourth-order valence-electron chi connectivity index (χ4n) is 5.13. The van der Waals surface area contributed by atoms with Crippen molar-refractivity contribution in [3.8, 4) is 11.5 Å². The van der Waals surface area contributed by atoms with E-state index in [1.165, 1.54) is 6.07 Å². The van der Waals surface area contributed by atoms with Gasteiger partial charge in [0, 0.05) is 28.1 Å². The predicted molar refractivity (Wildman–Crippen MR) is 174 cm³/mol. The summed E-state index contributed by atoms with van der Waals surface area (Å²) in [6.45, 7) is 2.38. The minimum Gasteiger partial charge on any atom is -0.489 e. The number of thioether (sulfide) groups is 1. The number of nitrogens with one attached hydrogen (secondary N) is 1. The number of carbonyl (C=O) groups is 1. The van der Waals surface area contributed by atoms with Gasteiger partial charge < -0.3 is 9.47 Å². The van der Waals surface area contributed by atoms with Crippen molar-refractivity contribution in [1.82, 2.24) is 9.71 Å². The Morgan fingerprint density at radius 1 is 1.00 bits per heavy atom. The van der Waals surface area contributed by atoms with Gasteiger partial charge in [0.1, 0.15) is 24.7 Å². The number of carbonyl (C=O) groups excluding carboxylic acids is 1. The van der Waals surface area contributed by atoms with Gasteiger partial charge in [0.05, 0.1) is 21.4 Å². The molecule has 0 saturated heterocycles. The van der Waals surface area contributed by atoms with Gasteiger partial charge in [-0.15, -0.1) is 11.8 Å². The summed E-state index contributed by atoms with van der Waals surface area (Å²) in [5, 5.41) is 1.47. The Labute approximate surface area is 265 Å². The average molecular weight is 645 g/mol. The SMILES string of the molecule is Cc1ccccc1S(=O)(=O)NC(=O)CCSC1c2ccccc2COc2ccc(OCc3ccc4ccc(Cl)cc4n3)cc21. The molecule has 0 spiro atoms. The van der Waals surface area contributed by atoms with Crippen LogP contribution in [0.5, 0.6) is 11.5 Å². The molecule has 0 aliphatic carbocycles. The van der Waals surface area contributed by atoms with E-state index in [2.05, 4.69) is 15.8 Å². The Hall–Kier alpha value is -4.05. The van der Waals surface area contributed by atoms with Gasteiger partial charge in [-0.1, -0.05) is 66.2 Å². The van der Waals surface area contributed by atoms with Crippen LogP contribution in [-0.2, 0) is 28.0 Å². The number of halogens is 1. The number of hydrogen-bond donors (Lipinski definition) is 1. The van der Waals surface area contributed by atoms with E-state index in [9.17, 15) is 13.2 Å². The third kappa shape index (κ3) is 6.70. The molecule has 2 heterocycles. The molecule has 1 amide bonds. The minimum atomic E-state index is -3.95. The first-order valence-electron chi connectivity index (χ1n) is 14.0. The normalized spacial score (nSPS) is 14.2. The molecule has 4 aromatic carbocycles. The Bertz CT molecular complexity index is 1970. The Morgan fingerprint density at radius 2 is 1.80 bits per heavy atom. The number of rotatable bonds is 9. The van der Waals surface area contributed by atoms with Crippen LogP contribution in [0.25, 0.3) is 10.9 Å². The van der Waals surface area contributed by atoms with E-state index in [0.717, 1.165) is 39.0 Å². The Balaban J connectivity index is 1.19. The van der Waals surface area contributed by atoms with Gasteiger partial charge in [-0.25, -0.2) is 18.1 Å². The first kappa shape index (κ1) is 30.0. The monoisotopic (exact) mass is 644 g/mol. The van der Waals surface area contributed by atoms with Crippen LogP contribution in [0.4, 0.5) is 0 Å².